The maximum Gasteiger partial charge on any atom is 0.252 e. The second-order valence-electron chi connectivity index (χ2n) is 3.97. The molecule has 16 heavy (non-hydrogen) atoms. The average Bonchev–Trinajstić information content (AvgIpc) is 2.68. The molecule has 3 rings (SSSR count). The Morgan fingerprint density at radius 2 is 2.25 bits per heavy atom. The predicted octanol–water partition coefficient (Wildman–Crippen LogP) is -1.02. The first-order valence-electron chi connectivity index (χ1n) is 5.13. The number of aromatic nitrogens is 1. The molecule has 1 unspecified atom stereocenters. The van der Waals surface area contributed by atoms with E-state index in [2.05, 4.69) is 5.32 Å². The number of amides is 1. The number of anilines is 2. The maximum atomic E-state index is 11.7. The summed E-state index contributed by atoms with van der Waals surface area (Å²) in [5.74, 6) is 0.478. The van der Waals surface area contributed by atoms with Crippen molar-refractivity contribution < 1.29 is 9.90 Å². The number of hydrogen-bond acceptors (Lipinski definition) is 4. The molecule has 6 nitrogen and oxygen atoms in total. The van der Waals surface area contributed by atoms with Crippen LogP contribution in [-0.2, 0) is 11.3 Å². The zero-order valence-corrected chi connectivity index (χ0v) is 8.51. The fourth-order valence-electron chi connectivity index (χ4n) is 2.33. The van der Waals surface area contributed by atoms with Gasteiger partial charge in [0.05, 0.1) is 31.4 Å². The molecule has 1 aromatic heterocycles. The van der Waals surface area contributed by atoms with Crippen molar-refractivity contribution in [3.8, 4) is 0 Å². The van der Waals surface area contributed by atoms with Gasteiger partial charge in [-0.1, -0.05) is 0 Å². The van der Waals surface area contributed by atoms with Gasteiger partial charge in [-0.3, -0.25) is 19.1 Å². The van der Waals surface area contributed by atoms with Crippen molar-refractivity contribution in [1.29, 1.82) is 0 Å². The molecule has 2 aliphatic rings. The van der Waals surface area contributed by atoms with E-state index in [0.29, 0.717) is 12.4 Å². The molecule has 6 heteroatoms. The molecule has 0 saturated carbocycles. The van der Waals surface area contributed by atoms with Crippen LogP contribution in [0.25, 0.3) is 0 Å². The predicted molar refractivity (Wildman–Crippen MR) is 57.6 cm³/mol. The summed E-state index contributed by atoms with van der Waals surface area (Å²) in [6.07, 6.45) is 0. The molecular weight excluding hydrogens is 210 g/mol. The first-order chi connectivity index (χ1) is 7.72. The largest absolute Gasteiger partial charge is 0.394 e. The van der Waals surface area contributed by atoms with Crippen LogP contribution in [0, 0.1) is 0 Å². The minimum absolute atomic E-state index is 0.108. The number of rotatable bonds is 1. The molecule has 1 amide bonds. The van der Waals surface area contributed by atoms with Crippen molar-refractivity contribution in [2.24, 2.45) is 0 Å². The molecule has 0 spiro atoms. The van der Waals surface area contributed by atoms with Crippen LogP contribution in [0.3, 0.4) is 0 Å². The second-order valence-corrected chi connectivity index (χ2v) is 3.97. The molecule has 0 aromatic carbocycles. The first kappa shape index (κ1) is 9.41. The van der Waals surface area contributed by atoms with Crippen LogP contribution in [-0.4, -0.2) is 34.8 Å². The Bertz CT molecular complexity index is 523. The van der Waals surface area contributed by atoms with Gasteiger partial charge in [0.1, 0.15) is 5.82 Å². The van der Waals surface area contributed by atoms with Crippen LogP contribution in [0.4, 0.5) is 11.5 Å². The lowest BCUT2D eigenvalue weighted by Gasteiger charge is -2.28. The summed E-state index contributed by atoms with van der Waals surface area (Å²) in [6, 6.07) is 2.83. The highest BCUT2D eigenvalue weighted by atomic mass is 16.3. The molecule has 1 aromatic rings. The minimum Gasteiger partial charge on any atom is -0.394 e. The number of aliphatic hydroxyl groups is 1. The van der Waals surface area contributed by atoms with Crippen molar-refractivity contribution in [2.45, 2.75) is 12.6 Å². The molecule has 0 fully saturated rings. The van der Waals surface area contributed by atoms with E-state index in [0.717, 1.165) is 5.69 Å². The number of hydrogen-bond donors (Lipinski definition) is 2. The molecule has 0 bridgehead atoms. The molecule has 0 saturated heterocycles. The zero-order chi connectivity index (χ0) is 11.3. The van der Waals surface area contributed by atoms with Gasteiger partial charge in [0, 0.05) is 6.07 Å². The average molecular weight is 221 g/mol. The van der Waals surface area contributed by atoms with Gasteiger partial charge in [-0.15, -0.1) is 0 Å². The van der Waals surface area contributed by atoms with Gasteiger partial charge >= 0.3 is 0 Å². The summed E-state index contributed by atoms with van der Waals surface area (Å²) in [4.78, 5) is 24.9. The number of carbonyl (C=O) groups excluding carboxylic acids is 1. The van der Waals surface area contributed by atoms with Gasteiger partial charge in [0.2, 0.25) is 5.91 Å². The highest BCUT2D eigenvalue weighted by molar-refractivity contribution is 6.02. The third-order valence-electron chi connectivity index (χ3n) is 3.05. The smallest absolute Gasteiger partial charge is 0.252 e. The molecule has 3 heterocycles. The summed E-state index contributed by atoms with van der Waals surface area (Å²) < 4.78 is 1.53. The number of aliphatic hydroxyl groups excluding tert-OH is 1. The van der Waals surface area contributed by atoms with Crippen molar-refractivity contribution in [3.63, 3.8) is 0 Å². The minimum atomic E-state index is -0.316. The van der Waals surface area contributed by atoms with Gasteiger partial charge in [0.25, 0.3) is 5.56 Å². The standard InChI is InChI=1S/C10H11N3O3/c14-5-6-4-12-8(15)2-1-7-10(12)13(6)9(16)3-11-7/h1-2,6,11,14H,3-5H2. The van der Waals surface area contributed by atoms with E-state index < -0.39 is 0 Å². The summed E-state index contributed by atoms with van der Waals surface area (Å²) in [5, 5.41) is 12.2. The number of carbonyl (C=O) groups is 1. The quantitative estimate of drug-likeness (QED) is 0.636. The van der Waals surface area contributed by atoms with Crippen molar-refractivity contribution >= 4 is 17.4 Å². The van der Waals surface area contributed by atoms with Crippen LogP contribution >= 0.6 is 0 Å². The van der Waals surface area contributed by atoms with Gasteiger partial charge in [0.15, 0.2) is 0 Å². The lowest BCUT2D eigenvalue weighted by Crippen LogP contribution is -2.45. The van der Waals surface area contributed by atoms with E-state index in [9.17, 15) is 14.7 Å². The van der Waals surface area contributed by atoms with Gasteiger partial charge < -0.3 is 10.4 Å². The third kappa shape index (κ3) is 1.04. The summed E-state index contributed by atoms with van der Waals surface area (Å²) in [6.45, 7) is 0.444. The molecule has 84 valence electrons. The zero-order valence-electron chi connectivity index (χ0n) is 8.51. The first-order valence-corrected chi connectivity index (χ1v) is 5.13. The summed E-state index contributed by atoms with van der Waals surface area (Å²) in [7, 11) is 0. The van der Waals surface area contributed by atoms with Crippen LogP contribution in [0.5, 0.6) is 0 Å². The Morgan fingerprint density at radius 3 is 3.00 bits per heavy atom. The van der Waals surface area contributed by atoms with Crippen LogP contribution in [0.15, 0.2) is 16.9 Å². The van der Waals surface area contributed by atoms with Crippen LogP contribution in [0.1, 0.15) is 0 Å². The Labute approximate surface area is 91.1 Å². The molecule has 0 radical (unpaired) electrons. The lowest BCUT2D eigenvalue weighted by molar-refractivity contribution is -0.117. The van der Waals surface area contributed by atoms with E-state index in [1.54, 1.807) is 6.07 Å². The summed E-state index contributed by atoms with van der Waals surface area (Å²) in [5.41, 5.74) is 0.631. The number of nitrogens with zero attached hydrogens (tertiary/aromatic N) is 2. The number of pyridine rings is 1. The van der Waals surface area contributed by atoms with E-state index in [-0.39, 0.29) is 30.7 Å². The topological polar surface area (TPSA) is 74.6 Å². The van der Waals surface area contributed by atoms with Crippen LogP contribution < -0.4 is 15.8 Å². The van der Waals surface area contributed by atoms with Gasteiger partial charge in [-0.2, -0.15) is 0 Å². The van der Waals surface area contributed by atoms with Crippen molar-refractivity contribution in [1.82, 2.24) is 4.57 Å². The van der Waals surface area contributed by atoms with Crippen molar-refractivity contribution in [2.75, 3.05) is 23.4 Å². The fourth-order valence-corrected chi connectivity index (χ4v) is 2.33. The van der Waals surface area contributed by atoms with Gasteiger partial charge in [-0.25, -0.2) is 0 Å². The SMILES string of the molecule is O=C1CNc2ccc(=O)n3c2N1C(CO)C3. The molecule has 2 N–H and O–H groups in total. The highest BCUT2D eigenvalue weighted by Gasteiger charge is 2.38. The van der Waals surface area contributed by atoms with Crippen LogP contribution in [0.2, 0.25) is 0 Å². The fraction of sp³-hybridized carbons (Fsp3) is 0.400. The van der Waals surface area contributed by atoms with E-state index in [1.807, 2.05) is 0 Å². The second kappa shape index (κ2) is 3.08. The molecule has 1 atom stereocenters. The molecule has 2 aliphatic heterocycles. The molecule has 0 aliphatic carbocycles. The lowest BCUT2D eigenvalue weighted by atomic mass is 10.2. The Kier molecular flexibility index (Phi) is 1.81. The third-order valence-corrected chi connectivity index (χ3v) is 3.05. The normalized spacial score (nSPS) is 21.9. The Morgan fingerprint density at radius 1 is 1.44 bits per heavy atom. The highest BCUT2D eigenvalue weighted by Crippen LogP contribution is 2.34. The molecular formula is C10H11N3O3. The monoisotopic (exact) mass is 221 g/mol. The van der Waals surface area contributed by atoms with Gasteiger partial charge in [-0.05, 0) is 6.07 Å². The van der Waals surface area contributed by atoms with Crippen molar-refractivity contribution in [3.05, 3.63) is 22.5 Å². The van der Waals surface area contributed by atoms with E-state index >= 15 is 0 Å². The maximum absolute atomic E-state index is 11.7. The Hall–Kier alpha value is -1.82. The summed E-state index contributed by atoms with van der Waals surface area (Å²) >= 11 is 0. The Balaban J connectivity index is 2.25. The van der Waals surface area contributed by atoms with E-state index in [1.165, 1.54) is 15.5 Å². The number of nitrogens with one attached hydrogen (secondary N) is 1. The van der Waals surface area contributed by atoms with E-state index in [4.69, 9.17) is 0 Å².